The minimum absolute atomic E-state index is 0.0920. The van der Waals surface area contributed by atoms with Crippen molar-refractivity contribution >= 4 is 34.2 Å². The second-order valence-electron chi connectivity index (χ2n) is 8.16. The molecule has 1 saturated heterocycles. The van der Waals surface area contributed by atoms with Crippen LogP contribution in [-0.2, 0) is 4.79 Å². The molecule has 1 fully saturated rings. The van der Waals surface area contributed by atoms with Crippen molar-refractivity contribution in [1.82, 2.24) is 25.5 Å². The summed E-state index contributed by atoms with van der Waals surface area (Å²) in [7, 11) is 0. The zero-order valence-corrected chi connectivity index (χ0v) is 19.0. The number of piperazine rings is 1. The standard InChI is InChI=1S/C23H30N6OS/c1-17(2)25-22(30)15-27-9-11-28(12-10-27)18(3)21-16-31-23(26-21)19-13-24-29(14-19)20-7-5-4-6-8-20/h4-8,14,16-17,24H,3,9-13,15H2,1-2H3,(H,25,30). The van der Waals surface area contributed by atoms with Gasteiger partial charge in [0, 0.05) is 55.9 Å². The molecule has 1 aromatic carbocycles. The number of hydrogen-bond donors (Lipinski definition) is 2. The monoisotopic (exact) mass is 438 g/mol. The van der Waals surface area contributed by atoms with Crippen molar-refractivity contribution in [2.75, 3.05) is 44.3 Å². The molecule has 0 atom stereocenters. The van der Waals surface area contributed by atoms with Gasteiger partial charge in [0.1, 0.15) is 5.01 Å². The van der Waals surface area contributed by atoms with Crippen LogP contribution in [0.4, 0.5) is 5.69 Å². The number of aromatic nitrogens is 1. The van der Waals surface area contributed by atoms with Gasteiger partial charge in [0.2, 0.25) is 5.91 Å². The summed E-state index contributed by atoms with van der Waals surface area (Å²) in [6, 6.07) is 10.4. The highest BCUT2D eigenvalue weighted by atomic mass is 32.1. The first-order valence-corrected chi connectivity index (χ1v) is 11.6. The number of rotatable bonds is 7. The van der Waals surface area contributed by atoms with E-state index in [2.05, 4.69) is 50.8 Å². The van der Waals surface area contributed by atoms with E-state index in [0.29, 0.717) is 6.54 Å². The van der Waals surface area contributed by atoms with Crippen LogP contribution in [0.1, 0.15) is 24.5 Å². The van der Waals surface area contributed by atoms with Gasteiger partial charge in [-0.15, -0.1) is 11.3 Å². The summed E-state index contributed by atoms with van der Waals surface area (Å²) in [5, 5.41) is 8.11. The highest BCUT2D eigenvalue weighted by Crippen LogP contribution is 2.28. The van der Waals surface area contributed by atoms with Crippen LogP contribution in [0.2, 0.25) is 0 Å². The zero-order chi connectivity index (χ0) is 21.8. The van der Waals surface area contributed by atoms with Gasteiger partial charge >= 0.3 is 0 Å². The number of carbonyl (C=O) groups is 1. The lowest BCUT2D eigenvalue weighted by Crippen LogP contribution is -2.49. The van der Waals surface area contributed by atoms with E-state index in [-0.39, 0.29) is 11.9 Å². The molecule has 0 aliphatic carbocycles. The normalized spacial score (nSPS) is 17.2. The van der Waals surface area contributed by atoms with Crippen molar-refractivity contribution < 1.29 is 4.79 Å². The summed E-state index contributed by atoms with van der Waals surface area (Å²) in [6.07, 6.45) is 2.11. The van der Waals surface area contributed by atoms with E-state index in [1.807, 2.05) is 37.1 Å². The third-order valence-electron chi connectivity index (χ3n) is 5.40. The number of nitrogens with zero attached hydrogens (tertiary/aromatic N) is 4. The van der Waals surface area contributed by atoms with Gasteiger partial charge < -0.3 is 10.2 Å². The molecule has 164 valence electrons. The van der Waals surface area contributed by atoms with Gasteiger partial charge in [-0.3, -0.25) is 14.7 Å². The molecule has 0 bridgehead atoms. The molecule has 7 nitrogen and oxygen atoms in total. The number of amides is 1. The lowest BCUT2D eigenvalue weighted by molar-refractivity contribution is -0.123. The smallest absolute Gasteiger partial charge is 0.234 e. The first kappa shape index (κ1) is 21.5. The number of para-hydroxylation sites is 1. The van der Waals surface area contributed by atoms with Crippen molar-refractivity contribution in [2.24, 2.45) is 0 Å². The van der Waals surface area contributed by atoms with Gasteiger partial charge in [0.15, 0.2) is 0 Å². The molecule has 0 saturated carbocycles. The van der Waals surface area contributed by atoms with Crippen molar-refractivity contribution in [3.8, 4) is 0 Å². The van der Waals surface area contributed by atoms with Gasteiger partial charge in [-0.2, -0.15) is 0 Å². The Morgan fingerprint density at radius 1 is 1.23 bits per heavy atom. The van der Waals surface area contributed by atoms with Crippen LogP contribution in [0.25, 0.3) is 11.3 Å². The Balaban J connectivity index is 1.33. The van der Waals surface area contributed by atoms with Crippen LogP contribution in [0.15, 0.2) is 48.5 Å². The van der Waals surface area contributed by atoms with E-state index in [9.17, 15) is 4.79 Å². The van der Waals surface area contributed by atoms with Crippen LogP contribution < -0.4 is 15.8 Å². The SMILES string of the molecule is C=C(c1csc(C2=CN(c3ccccc3)NC2)n1)N1CCN(CC(=O)NC(C)C)CC1. The summed E-state index contributed by atoms with van der Waals surface area (Å²) >= 11 is 1.65. The molecule has 2 aliphatic heterocycles. The lowest BCUT2D eigenvalue weighted by atomic mass is 10.2. The van der Waals surface area contributed by atoms with Crippen molar-refractivity contribution in [3.63, 3.8) is 0 Å². The molecule has 0 unspecified atom stereocenters. The Bertz CT molecular complexity index is 946. The van der Waals surface area contributed by atoms with Crippen LogP contribution in [-0.4, -0.2) is 66.0 Å². The molecular weight excluding hydrogens is 408 g/mol. The van der Waals surface area contributed by atoms with E-state index < -0.39 is 0 Å². The molecule has 2 aromatic rings. The van der Waals surface area contributed by atoms with Crippen molar-refractivity contribution in [3.05, 3.63) is 59.2 Å². The molecule has 1 amide bonds. The molecule has 2 N–H and O–H groups in total. The Morgan fingerprint density at radius 2 is 1.97 bits per heavy atom. The van der Waals surface area contributed by atoms with Crippen LogP contribution >= 0.6 is 11.3 Å². The van der Waals surface area contributed by atoms with Gasteiger partial charge in [-0.1, -0.05) is 24.8 Å². The van der Waals surface area contributed by atoms with Gasteiger partial charge in [0.25, 0.3) is 0 Å². The maximum absolute atomic E-state index is 12.0. The number of benzene rings is 1. The van der Waals surface area contributed by atoms with E-state index >= 15 is 0 Å². The molecule has 3 heterocycles. The number of thiazole rings is 1. The maximum Gasteiger partial charge on any atom is 0.234 e. The van der Waals surface area contributed by atoms with E-state index in [1.165, 1.54) is 5.57 Å². The number of hydrazine groups is 1. The summed E-state index contributed by atoms with van der Waals surface area (Å²) < 4.78 is 0. The molecule has 0 radical (unpaired) electrons. The minimum atomic E-state index is 0.0920. The van der Waals surface area contributed by atoms with E-state index in [4.69, 9.17) is 4.98 Å². The molecule has 2 aliphatic rings. The molecule has 31 heavy (non-hydrogen) atoms. The topological polar surface area (TPSA) is 63.7 Å². The average molecular weight is 439 g/mol. The maximum atomic E-state index is 12.0. The van der Waals surface area contributed by atoms with E-state index in [0.717, 1.165) is 54.8 Å². The Morgan fingerprint density at radius 3 is 2.68 bits per heavy atom. The second kappa shape index (κ2) is 9.64. The minimum Gasteiger partial charge on any atom is -0.368 e. The first-order valence-electron chi connectivity index (χ1n) is 10.7. The fourth-order valence-electron chi connectivity index (χ4n) is 3.77. The van der Waals surface area contributed by atoms with Crippen LogP contribution in [0, 0.1) is 0 Å². The van der Waals surface area contributed by atoms with Crippen LogP contribution in [0.3, 0.4) is 0 Å². The van der Waals surface area contributed by atoms with Crippen molar-refractivity contribution in [1.29, 1.82) is 0 Å². The Labute approximate surface area is 188 Å². The lowest BCUT2D eigenvalue weighted by Gasteiger charge is -2.36. The van der Waals surface area contributed by atoms with E-state index in [1.54, 1.807) is 11.3 Å². The second-order valence-corrected chi connectivity index (χ2v) is 9.02. The summed E-state index contributed by atoms with van der Waals surface area (Å²) in [5.41, 5.74) is 7.57. The Hall–Kier alpha value is -2.68. The fourth-order valence-corrected chi connectivity index (χ4v) is 4.60. The third kappa shape index (κ3) is 5.33. The number of hydrogen-bond acceptors (Lipinski definition) is 7. The molecule has 0 spiro atoms. The van der Waals surface area contributed by atoms with Gasteiger partial charge in [0.05, 0.1) is 23.6 Å². The highest BCUT2D eigenvalue weighted by molar-refractivity contribution is 7.10. The quantitative estimate of drug-likeness (QED) is 0.693. The number of nitrogens with one attached hydrogen (secondary N) is 2. The van der Waals surface area contributed by atoms with Crippen LogP contribution in [0.5, 0.6) is 0 Å². The van der Waals surface area contributed by atoms with Crippen molar-refractivity contribution in [2.45, 2.75) is 19.9 Å². The predicted molar refractivity (Wildman–Crippen MR) is 127 cm³/mol. The number of anilines is 1. The Kier molecular flexibility index (Phi) is 6.70. The fraction of sp³-hybridized carbons (Fsp3) is 0.391. The largest absolute Gasteiger partial charge is 0.368 e. The predicted octanol–water partition coefficient (Wildman–Crippen LogP) is 2.62. The third-order valence-corrected chi connectivity index (χ3v) is 6.32. The summed E-state index contributed by atoms with van der Waals surface area (Å²) in [6.45, 7) is 12.9. The highest BCUT2D eigenvalue weighted by Gasteiger charge is 2.23. The average Bonchev–Trinajstić information content (AvgIpc) is 3.44. The molecular formula is C23H30N6OS. The zero-order valence-electron chi connectivity index (χ0n) is 18.2. The molecule has 4 rings (SSSR count). The van der Waals surface area contributed by atoms with Gasteiger partial charge in [-0.25, -0.2) is 10.4 Å². The summed E-state index contributed by atoms with van der Waals surface area (Å²) in [5.74, 6) is 0.0920. The summed E-state index contributed by atoms with van der Waals surface area (Å²) in [4.78, 5) is 21.3. The first-order chi connectivity index (χ1) is 15.0. The number of carbonyl (C=O) groups excluding carboxylic acids is 1. The molecule has 1 aromatic heterocycles. The molecule has 8 heteroatoms. The van der Waals surface area contributed by atoms with Gasteiger partial charge in [-0.05, 0) is 26.0 Å².